The predicted molar refractivity (Wildman–Crippen MR) is 108 cm³/mol. The minimum absolute atomic E-state index is 0. The van der Waals surface area contributed by atoms with E-state index in [0.717, 1.165) is 6.54 Å². The van der Waals surface area contributed by atoms with Gasteiger partial charge in [-0.2, -0.15) is 0 Å². The van der Waals surface area contributed by atoms with Crippen LogP contribution in [0.5, 0.6) is 0 Å². The Morgan fingerprint density at radius 1 is 0.808 bits per heavy atom. The highest BCUT2D eigenvalue weighted by atomic mass is 79.9. The molecule has 1 unspecified atom stereocenters. The van der Waals surface area contributed by atoms with Gasteiger partial charge in [0.2, 0.25) is 0 Å². The molecule has 0 aromatic rings. The van der Waals surface area contributed by atoms with Crippen molar-refractivity contribution in [3.63, 3.8) is 0 Å². The number of hydrogen-bond donors (Lipinski definition) is 1. The molecule has 3 nitrogen and oxygen atoms in total. The van der Waals surface area contributed by atoms with Crippen LogP contribution in [0, 0.1) is 0 Å². The third-order valence-corrected chi connectivity index (χ3v) is 4.90. The molecule has 0 bridgehead atoms. The zero-order chi connectivity index (χ0) is 18.6. The van der Waals surface area contributed by atoms with Crippen molar-refractivity contribution < 1.29 is 31.4 Å². The Kier molecular flexibility index (Phi) is 24.3. The van der Waals surface area contributed by atoms with Gasteiger partial charge < -0.3 is 26.6 Å². The molecule has 0 saturated carbocycles. The van der Waals surface area contributed by atoms with E-state index in [2.05, 4.69) is 20.6 Å². The van der Waals surface area contributed by atoms with Gasteiger partial charge in [0.1, 0.15) is 13.2 Å². The summed E-state index contributed by atoms with van der Waals surface area (Å²) in [5.74, 6) is -0.315. The molecule has 0 aliphatic rings. The number of esters is 1. The number of unbranched alkanes of at least 4 members (excludes halogenated alkanes) is 13. The number of rotatable bonds is 19. The number of nitrogens with one attached hydrogen (secondary N) is 1. The SMILES string of the molecule is C=CC(=O)OCC[NH+](C)CCCCCCCCCCCCCCCC.[Br-]. The maximum atomic E-state index is 10.9. The maximum absolute atomic E-state index is 10.9. The second-order valence-electron chi connectivity index (χ2n) is 7.42. The molecule has 0 aliphatic heterocycles. The fourth-order valence-electron chi connectivity index (χ4n) is 3.13. The van der Waals surface area contributed by atoms with Crippen LogP contribution >= 0.6 is 0 Å². The monoisotopic (exact) mass is 433 g/mol. The van der Waals surface area contributed by atoms with E-state index in [9.17, 15) is 4.79 Å². The van der Waals surface area contributed by atoms with Crippen molar-refractivity contribution in [2.75, 3.05) is 26.7 Å². The van der Waals surface area contributed by atoms with Gasteiger partial charge in [-0.25, -0.2) is 4.79 Å². The molecular weight excluding hydrogens is 390 g/mol. The van der Waals surface area contributed by atoms with Crippen LogP contribution in [-0.4, -0.2) is 32.7 Å². The van der Waals surface area contributed by atoms with Gasteiger partial charge in [0.05, 0.1) is 13.6 Å². The summed E-state index contributed by atoms with van der Waals surface area (Å²) < 4.78 is 5.01. The number of halogens is 1. The standard InChI is InChI=1S/C22H43NO2.BrH/c1-4-6-7-8-9-10-11-12-13-14-15-16-17-18-19-23(3)20-21-25-22(24)5-2;/h5H,2,4,6-21H2,1,3H3;1H. The molecule has 0 aliphatic carbocycles. The molecule has 1 atom stereocenters. The summed E-state index contributed by atoms with van der Waals surface area (Å²) in [4.78, 5) is 12.4. The van der Waals surface area contributed by atoms with Crippen LogP contribution in [0.1, 0.15) is 96.8 Å². The summed E-state index contributed by atoms with van der Waals surface area (Å²) in [5.41, 5.74) is 0. The first-order valence-electron chi connectivity index (χ1n) is 10.8. The highest BCUT2D eigenvalue weighted by Crippen LogP contribution is 2.12. The van der Waals surface area contributed by atoms with Gasteiger partial charge in [-0.1, -0.05) is 90.6 Å². The second kappa shape index (κ2) is 22.7. The molecular formula is C22H44BrNO2. The predicted octanol–water partition coefficient (Wildman–Crippen LogP) is 1.72. The smallest absolute Gasteiger partial charge is 0.330 e. The van der Waals surface area contributed by atoms with Crippen LogP contribution in [0.25, 0.3) is 0 Å². The molecule has 0 radical (unpaired) electrons. The molecule has 0 aromatic heterocycles. The average Bonchev–Trinajstić information content (AvgIpc) is 2.61. The Morgan fingerprint density at radius 2 is 1.23 bits per heavy atom. The fourth-order valence-corrected chi connectivity index (χ4v) is 3.13. The van der Waals surface area contributed by atoms with Gasteiger partial charge in [0.25, 0.3) is 0 Å². The van der Waals surface area contributed by atoms with E-state index in [-0.39, 0.29) is 23.0 Å². The topological polar surface area (TPSA) is 30.7 Å². The fraction of sp³-hybridized carbons (Fsp3) is 0.864. The molecule has 0 saturated heterocycles. The normalized spacial score (nSPS) is 11.6. The number of carbonyl (C=O) groups excluding carboxylic acids is 1. The number of likely N-dealkylation sites (N-methyl/N-ethyl adjacent to an activating group) is 1. The lowest BCUT2D eigenvalue weighted by Gasteiger charge is -2.13. The van der Waals surface area contributed by atoms with E-state index < -0.39 is 0 Å². The molecule has 0 heterocycles. The van der Waals surface area contributed by atoms with Crippen molar-refractivity contribution in [1.29, 1.82) is 0 Å². The van der Waals surface area contributed by atoms with Gasteiger partial charge in [0.15, 0.2) is 0 Å². The molecule has 4 heteroatoms. The quantitative estimate of drug-likeness (QED) is 0.191. The largest absolute Gasteiger partial charge is 1.00 e. The first-order valence-corrected chi connectivity index (χ1v) is 10.8. The van der Waals surface area contributed by atoms with Crippen molar-refractivity contribution in [3.05, 3.63) is 12.7 Å². The van der Waals surface area contributed by atoms with Crippen molar-refractivity contribution in [3.8, 4) is 0 Å². The lowest BCUT2D eigenvalue weighted by atomic mass is 10.0. The minimum atomic E-state index is -0.315. The third-order valence-electron chi connectivity index (χ3n) is 4.90. The molecule has 0 rings (SSSR count). The summed E-state index contributed by atoms with van der Waals surface area (Å²) >= 11 is 0. The van der Waals surface area contributed by atoms with Crippen LogP contribution in [0.15, 0.2) is 12.7 Å². The zero-order valence-electron chi connectivity index (χ0n) is 17.5. The summed E-state index contributed by atoms with van der Waals surface area (Å²) in [6, 6.07) is 0. The van der Waals surface area contributed by atoms with Gasteiger partial charge in [-0.3, -0.25) is 0 Å². The molecule has 0 amide bonds. The molecule has 156 valence electrons. The Hall–Kier alpha value is -0.350. The highest BCUT2D eigenvalue weighted by molar-refractivity contribution is 5.81. The summed E-state index contributed by atoms with van der Waals surface area (Å²) in [6.07, 6.45) is 20.9. The number of ether oxygens (including phenoxy) is 1. The van der Waals surface area contributed by atoms with Crippen molar-refractivity contribution >= 4 is 5.97 Å². The molecule has 0 spiro atoms. The lowest BCUT2D eigenvalue weighted by Crippen LogP contribution is -3.09. The van der Waals surface area contributed by atoms with Gasteiger partial charge in [0, 0.05) is 6.08 Å². The van der Waals surface area contributed by atoms with E-state index in [1.54, 1.807) is 0 Å². The van der Waals surface area contributed by atoms with Crippen LogP contribution in [0.3, 0.4) is 0 Å². The maximum Gasteiger partial charge on any atom is 0.330 e. The van der Waals surface area contributed by atoms with Crippen LogP contribution in [0.2, 0.25) is 0 Å². The van der Waals surface area contributed by atoms with E-state index >= 15 is 0 Å². The number of hydrogen-bond acceptors (Lipinski definition) is 2. The van der Waals surface area contributed by atoms with E-state index in [4.69, 9.17) is 4.74 Å². The number of quaternary nitrogens is 1. The first-order chi connectivity index (χ1) is 12.2. The highest BCUT2D eigenvalue weighted by Gasteiger charge is 2.03. The van der Waals surface area contributed by atoms with Crippen LogP contribution < -0.4 is 21.9 Å². The Balaban J connectivity index is 0. The Labute approximate surface area is 173 Å². The van der Waals surface area contributed by atoms with Gasteiger partial charge in [-0.05, 0) is 12.8 Å². The summed E-state index contributed by atoms with van der Waals surface area (Å²) in [7, 11) is 2.17. The average molecular weight is 435 g/mol. The first kappa shape index (κ1) is 27.9. The third kappa shape index (κ3) is 21.7. The van der Waals surface area contributed by atoms with Crippen molar-refractivity contribution in [2.45, 2.75) is 96.8 Å². The molecule has 1 N–H and O–H groups in total. The van der Waals surface area contributed by atoms with Gasteiger partial charge in [-0.15, -0.1) is 0 Å². The lowest BCUT2D eigenvalue weighted by molar-refractivity contribution is -0.880. The van der Waals surface area contributed by atoms with Crippen LogP contribution in [-0.2, 0) is 9.53 Å². The molecule has 26 heavy (non-hydrogen) atoms. The van der Waals surface area contributed by atoms with Crippen LogP contribution in [0.4, 0.5) is 0 Å². The Morgan fingerprint density at radius 3 is 1.65 bits per heavy atom. The molecule has 0 fully saturated rings. The zero-order valence-corrected chi connectivity index (χ0v) is 19.1. The van der Waals surface area contributed by atoms with E-state index in [1.165, 1.54) is 107 Å². The minimum Gasteiger partial charge on any atom is -1.00 e. The van der Waals surface area contributed by atoms with Crippen molar-refractivity contribution in [1.82, 2.24) is 0 Å². The van der Waals surface area contributed by atoms with E-state index in [1.807, 2.05) is 0 Å². The number of carbonyl (C=O) groups is 1. The summed E-state index contributed by atoms with van der Waals surface area (Å²) in [5, 5.41) is 0. The Bertz CT molecular complexity index is 311. The van der Waals surface area contributed by atoms with Gasteiger partial charge >= 0.3 is 5.97 Å². The second-order valence-corrected chi connectivity index (χ2v) is 7.42. The molecule has 0 aromatic carbocycles. The summed E-state index contributed by atoms with van der Waals surface area (Å²) in [6.45, 7) is 8.23. The van der Waals surface area contributed by atoms with Crippen molar-refractivity contribution in [2.24, 2.45) is 0 Å². The van der Waals surface area contributed by atoms with E-state index in [0.29, 0.717) is 6.61 Å².